The molecule has 0 aliphatic rings. The third-order valence-electron chi connectivity index (χ3n) is 3.73. The van der Waals surface area contributed by atoms with E-state index in [0.29, 0.717) is 0 Å². The molecule has 0 saturated carbocycles. The monoisotopic (exact) mass is 426 g/mol. The Morgan fingerprint density at radius 2 is 1.39 bits per heavy atom. The van der Waals surface area contributed by atoms with Crippen LogP contribution in [-0.4, -0.2) is 31.1 Å². The average Bonchev–Trinajstić information content (AvgIpc) is 2.50. The predicted molar refractivity (Wildman–Crippen MR) is 111 cm³/mol. The van der Waals surface area contributed by atoms with Gasteiger partial charge in [-0.3, -0.25) is 0 Å². The quantitative estimate of drug-likeness (QED) is 0.432. The summed E-state index contributed by atoms with van der Waals surface area (Å²) in [6.45, 7) is 10.4. The molecule has 0 bridgehead atoms. The van der Waals surface area contributed by atoms with Gasteiger partial charge in [0.2, 0.25) is 0 Å². The van der Waals surface area contributed by atoms with Crippen LogP contribution in [0.5, 0.6) is 0 Å². The van der Waals surface area contributed by atoms with Gasteiger partial charge in [-0.05, 0) is 63.1 Å². The van der Waals surface area contributed by atoms with Crippen LogP contribution in [0.1, 0.15) is 51.5 Å². The molecule has 0 spiro atoms. The molecule has 0 unspecified atom stereocenters. The Balaban J connectivity index is 0. The molecule has 2 nitrogen and oxygen atoms in total. The highest BCUT2D eigenvalue weighted by atomic mass is 79.9. The molecular formula is C18H33BrCl2N2. The van der Waals surface area contributed by atoms with E-state index < -0.39 is 0 Å². The fourth-order valence-electron chi connectivity index (χ4n) is 2.36. The van der Waals surface area contributed by atoms with Crippen LogP contribution < -0.4 is 5.32 Å². The maximum atomic E-state index is 3.55. The van der Waals surface area contributed by atoms with Crippen molar-refractivity contribution in [3.05, 3.63) is 34.3 Å². The maximum absolute atomic E-state index is 3.55. The van der Waals surface area contributed by atoms with E-state index in [2.05, 4.69) is 64.3 Å². The van der Waals surface area contributed by atoms with Crippen molar-refractivity contribution in [1.29, 1.82) is 0 Å². The first-order chi connectivity index (χ1) is 10.3. The lowest BCUT2D eigenvalue weighted by Gasteiger charge is -2.21. The molecule has 23 heavy (non-hydrogen) atoms. The summed E-state index contributed by atoms with van der Waals surface area (Å²) < 4.78 is 1.15. The molecule has 1 aromatic rings. The van der Waals surface area contributed by atoms with Gasteiger partial charge in [-0.25, -0.2) is 0 Å². The van der Waals surface area contributed by atoms with Crippen LogP contribution in [0.15, 0.2) is 28.7 Å². The first-order valence-electron chi connectivity index (χ1n) is 8.43. The molecule has 1 rings (SSSR count). The number of hydrogen-bond acceptors (Lipinski definition) is 2. The zero-order valence-electron chi connectivity index (χ0n) is 14.5. The van der Waals surface area contributed by atoms with Gasteiger partial charge in [0.05, 0.1) is 0 Å². The lowest BCUT2D eigenvalue weighted by atomic mass is 10.2. The second-order valence-electron chi connectivity index (χ2n) is 5.71. The molecule has 0 radical (unpaired) electrons. The summed E-state index contributed by atoms with van der Waals surface area (Å²) in [5.74, 6) is 0. The van der Waals surface area contributed by atoms with Gasteiger partial charge in [-0.1, -0.05) is 54.8 Å². The van der Waals surface area contributed by atoms with Crippen molar-refractivity contribution in [2.24, 2.45) is 0 Å². The van der Waals surface area contributed by atoms with Crippen LogP contribution in [0.4, 0.5) is 0 Å². The summed E-state index contributed by atoms with van der Waals surface area (Å²) in [7, 11) is 0. The summed E-state index contributed by atoms with van der Waals surface area (Å²) in [6.07, 6.45) is 6.49. The highest BCUT2D eigenvalue weighted by Gasteiger charge is 2.03. The maximum Gasteiger partial charge on any atom is 0.0205 e. The zero-order chi connectivity index (χ0) is 15.3. The van der Waals surface area contributed by atoms with Crippen LogP contribution in [0.2, 0.25) is 0 Å². The molecule has 0 saturated heterocycles. The second kappa shape index (κ2) is 17.0. The molecule has 5 heteroatoms. The molecule has 1 N–H and O–H groups in total. The Bertz CT molecular complexity index is 353. The van der Waals surface area contributed by atoms with E-state index >= 15 is 0 Å². The first-order valence-corrected chi connectivity index (χ1v) is 9.23. The fourth-order valence-corrected chi connectivity index (χ4v) is 2.63. The topological polar surface area (TPSA) is 15.3 Å². The van der Waals surface area contributed by atoms with E-state index in [1.54, 1.807) is 0 Å². The number of nitrogens with one attached hydrogen (secondary N) is 1. The van der Waals surface area contributed by atoms with Gasteiger partial charge in [0.15, 0.2) is 0 Å². The number of hydrogen-bond donors (Lipinski definition) is 1. The highest BCUT2D eigenvalue weighted by molar-refractivity contribution is 9.10. The van der Waals surface area contributed by atoms with Crippen LogP contribution in [0.3, 0.4) is 0 Å². The summed E-state index contributed by atoms with van der Waals surface area (Å²) >= 11 is 3.47. The van der Waals surface area contributed by atoms with E-state index in [1.807, 2.05) is 0 Å². The van der Waals surface area contributed by atoms with E-state index in [1.165, 1.54) is 57.3 Å². The van der Waals surface area contributed by atoms with E-state index in [4.69, 9.17) is 0 Å². The second-order valence-corrected chi connectivity index (χ2v) is 6.62. The van der Waals surface area contributed by atoms with Gasteiger partial charge in [0.1, 0.15) is 0 Å². The number of unbranched alkanes of at least 4 members (excludes halogenated alkanes) is 2. The Hall–Kier alpha value is 0.200. The van der Waals surface area contributed by atoms with E-state index in [0.717, 1.165) is 17.6 Å². The number of halogens is 3. The predicted octanol–water partition coefficient (Wildman–Crippen LogP) is 5.67. The molecule has 0 aliphatic carbocycles. The van der Waals surface area contributed by atoms with Crippen LogP contribution in [-0.2, 0) is 6.54 Å². The van der Waals surface area contributed by atoms with Gasteiger partial charge in [0.25, 0.3) is 0 Å². The normalized spacial score (nSPS) is 10.3. The molecule has 0 heterocycles. The molecule has 0 aromatic heterocycles. The number of rotatable bonds is 12. The third-order valence-corrected chi connectivity index (χ3v) is 4.25. The minimum atomic E-state index is 0. The Kier molecular flexibility index (Phi) is 18.8. The van der Waals surface area contributed by atoms with Gasteiger partial charge < -0.3 is 10.2 Å². The molecule has 136 valence electrons. The van der Waals surface area contributed by atoms with Crippen LogP contribution in [0, 0.1) is 0 Å². The average molecular weight is 428 g/mol. The number of nitrogens with zero attached hydrogens (tertiary/aromatic N) is 1. The van der Waals surface area contributed by atoms with Crippen molar-refractivity contribution in [2.75, 3.05) is 26.2 Å². The van der Waals surface area contributed by atoms with Gasteiger partial charge >= 0.3 is 0 Å². The summed E-state index contributed by atoms with van der Waals surface area (Å²) in [5, 5.41) is 3.55. The van der Waals surface area contributed by atoms with E-state index in [-0.39, 0.29) is 24.8 Å². The van der Waals surface area contributed by atoms with Crippen molar-refractivity contribution in [2.45, 2.75) is 52.5 Å². The molecular weight excluding hydrogens is 395 g/mol. The third kappa shape index (κ3) is 13.2. The van der Waals surface area contributed by atoms with Crippen LogP contribution in [0.25, 0.3) is 0 Å². The smallest absolute Gasteiger partial charge is 0.0205 e. The van der Waals surface area contributed by atoms with Crippen LogP contribution >= 0.6 is 40.7 Å². The molecule has 0 atom stereocenters. The largest absolute Gasteiger partial charge is 0.313 e. The summed E-state index contributed by atoms with van der Waals surface area (Å²) in [6, 6.07) is 8.56. The van der Waals surface area contributed by atoms with Crippen molar-refractivity contribution < 1.29 is 0 Å². The lowest BCUT2D eigenvalue weighted by Crippen LogP contribution is -2.29. The molecule has 0 aliphatic heterocycles. The fraction of sp³-hybridized carbons (Fsp3) is 0.667. The summed E-state index contributed by atoms with van der Waals surface area (Å²) in [4.78, 5) is 2.63. The minimum absolute atomic E-state index is 0. The molecule has 0 amide bonds. The van der Waals surface area contributed by atoms with Gasteiger partial charge in [0, 0.05) is 11.0 Å². The standard InChI is InChI=1S/C18H31BrN2.2ClH/c1-3-5-13-21(14-6-4-2)15-7-12-20-16-17-8-10-18(19)11-9-17;;/h8-11,20H,3-7,12-16H2,1-2H3;2*1H. The van der Waals surface area contributed by atoms with Crippen molar-refractivity contribution in [3.8, 4) is 0 Å². The van der Waals surface area contributed by atoms with Crippen molar-refractivity contribution in [3.63, 3.8) is 0 Å². The van der Waals surface area contributed by atoms with Crippen molar-refractivity contribution >= 4 is 40.7 Å². The first kappa shape index (κ1) is 25.4. The van der Waals surface area contributed by atoms with Gasteiger partial charge in [-0.15, -0.1) is 24.8 Å². The minimum Gasteiger partial charge on any atom is -0.313 e. The zero-order valence-corrected chi connectivity index (χ0v) is 17.7. The van der Waals surface area contributed by atoms with Gasteiger partial charge in [-0.2, -0.15) is 0 Å². The van der Waals surface area contributed by atoms with E-state index in [9.17, 15) is 0 Å². The highest BCUT2D eigenvalue weighted by Crippen LogP contribution is 2.10. The Morgan fingerprint density at radius 3 is 1.91 bits per heavy atom. The Morgan fingerprint density at radius 1 is 0.870 bits per heavy atom. The summed E-state index contributed by atoms with van der Waals surface area (Å²) in [5.41, 5.74) is 1.35. The molecule has 0 fully saturated rings. The number of benzene rings is 1. The van der Waals surface area contributed by atoms with Crippen molar-refractivity contribution in [1.82, 2.24) is 10.2 Å². The Labute approximate surface area is 163 Å². The lowest BCUT2D eigenvalue weighted by molar-refractivity contribution is 0.261. The SMILES string of the molecule is CCCCN(CCCC)CCCNCc1ccc(Br)cc1.Cl.Cl. The molecule has 1 aromatic carbocycles.